The average Bonchev–Trinajstić information content (AvgIpc) is 2.81. The third-order valence-electron chi connectivity index (χ3n) is 3.94. The molecular weight excluding hydrogens is 236 g/mol. The molecule has 0 spiro atoms. The second-order valence-electron chi connectivity index (χ2n) is 5.72. The smallest absolute Gasteiger partial charge is 0.123 e. The molecule has 3 heteroatoms. The molecule has 106 valence electrons. The van der Waals surface area contributed by atoms with Gasteiger partial charge in [0.05, 0.1) is 6.61 Å². The molecule has 1 fully saturated rings. The van der Waals surface area contributed by atoms with Crippen molar-refractivity contribution in [3.8, 4) is 5.75 Å². The molecule has 1 aromatic rings. The number of hydrogen-bond donors (Lipinski definition) is 1. The lowest BCUT2D eigenvalue weighted by Crippen LogP contribution is -2.33. The van der Waals surface area contributed by atoms with Crippen molar-refractivity contribution in [3.05, 3.63) is 23.8 Å². The average molecular weight is 262 g/mol. The molecule has 0 bridgehead atoms. The maximum atomic E-state index is 5.92. The first-order valence-corrected chi connectivity index (χ1v) is 7.37. The van der Waals surface area contributed by atoms with Gasteiger partial charge in [0.25, 0.3) is 0 Å². The molecule has 0 saturated carbocycles. The maximum absolute atomic E-state index is 5.92. The third-order valence-corrected chi connectivity index (χ3v) is 3.94. The van der Waals surface area contributed by atoms with Crippen LogP contribution in [-0.2, 0) is 6.54 Å². The number of anilines is 1. The highest BCUT2D eigenvalue weighted by Gasteiger charge is 2.27. The Bertz CT molecular complexity index is 417. The number of hydrogen-bond acceptors (Lipinski definition) is 3. The molecule has 1 unspecified atom stereocenters. The maximum Gasteiger partial charge on any atom is 0.123 e. The quantitative estimate of drug-likeness (QED) is 0.828. The molecular formula is C16H26N2O. The van der Waals surface area contributed by atoms with Crippen molar-refractivity contribution in [2.45, 2.75) is 46.2 Å². The lowest BCUT2D eigenvalue weighted by atomic mass is 10.0. The Labute approximate surface area is 116 Å². The Morgan fingerprint density at radius 3 is 2.89 bits per heavy atom. The molecule has 1 aliphatic heterocycles. The molecule has 1 aromatic carbocycles. The second-order valence-corrected chi connectivity index (χ2v) is 5.72. The van der Waals surface area contributed by atoms with Gasteiger partial charge in [0.1, 0.15) is 5.75 Å². The number of nitrogen functional groups attached to an aromatic ring is 1. The van der Waals surface area contributed by atoms with Crippen LogP contribution in [-0.4, -0.2) is 24.1 Å². The first-order valence-electron chi connectivity index (χ1n) is 7.37. The minimum Gasteiger partial charge on any atom is -0.494 e. The van der Waals surface area contributed by atoms with Crippen LogP contribution in [0.5, 0.6) is 5.75 Å². The van der Waals surface area contributed by atoms with Gasteiger partial charge in [0.2, 0.25) is 0 Å². The summed E-state index contributed by atoms with van der Waals surface area (Å²) in [5.74, 6) is 1.69. The molecule has 0 amide bonds. The Hall–Kier alpha value is -1.22. The summed E-state index contributed by atoms with van der Waals surface area (Å²) in [5, 5.41) is 0. The van der Waals surface area contributed by atoms with E-state index in [0.29, 0.717) is 18.6 Å². The number of benzene rings is 1. The van der Waals surface area contributed by atoms with Gasteiger partial charge < -0.3 is 10.5 Å². The molecule has 1 saturated heterocycles. The molecule has 2 rings (SSSR count). The largest absolute Gasteiger partial charge is 0.494 e. The molecule has 0 aliphatic carbocycles. The molecule has 0 radical (unpaired) electrons. The molecule has 19 heavy (non-hydrogen) atoms. The summed E-state index contributed by atoms with van der Waals surface area (Å²) < 4.78 is 5.72. The third kappa shape index (κ3) is 3.41. The lowest BCUT2D eigenvalue weighted by Gasteiger charge is -2.28. The second kappa shape index (κ2) is 6.29. The van der Waals surface area contributed by atoms with E-state index in [0.717, 1.165) is 18.0 Å². The van der Waals surface area contributed by atoms with Crippen molar-refractivity contribution < 1.29 is 4.74 Å². The van der Waals surface area contributed by atoms with E-state index in [2.05, 4.69) is 24.8 Å². The minimum absolute atomic E-state index is 0.691. The Morgan fingerprint density at radius 1 is 1.42 bits per heavy atom. The van der Waals surface area contributed by atoms with Gasteiger partial charge in [-0.05, 0) is 50.4 Å². The van der Waals surface area contributed by atoms with Gasteiger partial charge in [-0.2, -0.15) is 0 Å². The Kier molecular flexibility index (Phi) is 4.70. The van der Waals surface area contributed by atoms with Crippen LogP contribution < -0.4 is 10.5 Å². The highest BCUT2D eigenvalue weighted by Crippen LogP contribution is 2.29. The molecule has 0 aromatic heterocycles. The first kappa shape index (κ1) is 14.2. The number of ether oxygens (including phenoxy) is 1. The number of nitrogens with two attached hydrogens (primary N) is 1. The highest BCUT2D eigenvalue weighted by atomic mass is 16.5. The van der Waals surface area contributed by atoms with Gasteiger partial charge in [-0.3, -0.25) is 4.90 Å². The van der Waals surface area contributed by atoms with Crippen molar-refractivity contribution in [3.63, 3.8) is 0 Å². The van der Waals surface area contributed by atoms with Crippen molar-refractivity contribution in [1.82, 2.24) is 4.90 Å². The summed E-state index contributed by atoms with van der Waals surface area (Å²) in [6.45, 7) is 9.47. The van der Waals surface area contributed by atoms with Gasteiger partial charge in [0.15, 0.2) is 0 Å². The van der Waals surface area contributed by atoms with Crippen molar-refractivity contribution in [2.75, 3.05) is 18.9 Å². The topological polar surface area (TPSA) is 38.5 Å². The van der Waals surface area contributed by atoms with Gasteiger partial charge in [-0.1, -0.05) is 13.8 Å². The first-order chi connectivity index (χ1) is 9.11. The fraction of sp³-hybridized carbons (Fsp3) is 0.625. The summed E-state index contributed by atoms with van der Waals surface area (Å²) in [5.41, 5.74) is 7.95. The zero-order valence-electron chi connectivity index (χ0n) is 12.4. The van der Waals surface area contributed by atoms with E-state index in [9.17, 15) is 0 Å². The summed E-state index contributed by atoms with van der Waals surface area (Å²) >= 11 is 0. The van der Waals surface area contributed by atoms with Crippen LogP contribution in [0.25, 0.3) is 0 Å². The predicted octanol–water partition coefficient (Wildman–Crippen LogP) is 3.29. The van der Waals surface area contributed by atoms with Crippen LogP contribution in [0.3, 0.4) is 0 Å². The Balaban J connectivity index is 2.15. The fourth-order valence-electron chi connectivity index (χ4n) is 3.04. The summed E-state index contributed by atoms with van der Waals surface area (Å²) in [4.78, 5) is 2.57. The van der Waals surface area contributed by atoms with Gasteiger partial charge in [-0.15, -0.1) is 0 Å². The normalized spacial score (nSPS) is 20.1. The van der Waals surface area contributed by atoms with Crippen molar-refractivity contribution in [2.24, 2.45) is 5.92 Å². The van der Waals surface area contributed by atoms with E-state index in [-0.39, 0.29) is 0 Å². The monoisotopic (exact) mass is 262 g/mol. The number of nitrogens with zero attached hydrogens (tertiary/aromatic N) is 1. The standard InChI is InChI=1S/C16H26N2O/c1-4-19-16-8-7-14(17)10-13(16)11-18-9-5-6-15(18)12(2)3/h7-8,10,12,15H,4-6,9,11,17H2,1-3H3. The molecule has 1 aliphatic rings. The summed E-state index contributed by atoms with van der Waals surface area (Å²) in [6, 6.07) is 6.66. The number of rotatable bonds is 5. The molecule has 1 atom stereocenters. The minimum atomic E-state index is 0.691. The van der Waals surface area contributed by atoms with Crippen molar-refractivity contribution >= 4 is 5.69 Å². The summed E-state index contributed by atoms with van der Waals surface area (Å²) in [7, 11) is 0. The van der Waals surface area contributed by atoms with E-state index >= 15 is 0 Å². The van der Waals surface area contributed by atoms with E-state index in [1.807, 2.05) is 19.1 Å². The lowest BCUT2D eigenvalue weighted by molar-refractivity contribution is 0.195. The van der Waals surface area contributed by atoms with E-state index < -0.39 is 0 Å². The SMILES string of the molecule is CCOc1ccc(N)cc1CN1CCCC1C(C)C. The van der Waals surface area contributed by atoms with E-state index in [1.54, 1.807) is 0 Å². The van der Waals surface area contributed by atoms with Gasteiger partial charge in [-0.25, -0.2) is 0 Å². The summed E-state index contributed by atoms with van der Waals surface area (Å²) in [6.07, 6.45) is 2.61. The van der Waals surface area contributed by atoms with E-state index in [1.165, 1.54) is 24.9 Å². The predicted molar refractivity (Wildman–Crippen MR) is 80.3 cm³/mol. The van der Waals surface area contributed by atoms with Gasteiger partial charge in [0, 0.05) is 23.8 Å². The van der Waals surface area contributed by atoms with Crippen LogP contribution in [0.15, 0.2) is 18.2 Å². The van der Waals surface area contributed by atoms with Crippen LogP contribution >= 0.6 is 0 Å². The molecule has 3 nitrogen and oxygen atoms in total. The van der Waals surface area contributed by atoms with E-state index in [4.69, 9.17) is 10.5 Å². The zero-order chi connectivity index (χ0) is 13.8. The van der Waals surface area contributed by atoms with Crippen LogP contribution in [0.1, 0.15) is 39.2 Å². The highest BCUT2D eigenvalue weighted by molar-refractivity contribution is 5.47. The van der Waals surface area contributed by atoms with Crippen LogP contribution in [0.4, 0.5) is 5.69 Å². The van der Waals surface area contributed by atoms with Crippen molar-refractivity contribution in [1.29, 1.82) is 0 Å². The fourth-order valence-corrected chi connectivity index (χ4v) is 3.04. The Morgan fingerprint density at radius 2 is 2.21 bits per heavy atom. The number of likely N-dealkylation sites (tertiary alicyclic amines) is 1. The van der Waals surface area contributed by atoms with Gasteiger partial charge >= 0.3 is 0 Å². The molecule has 1 heterocycles. The molecule has 2 N–H and O–H groups in total. The zero-order valence-corrected chi connectivity index (χ0v) is 12.4. The van der Waals surface area contributed by atoms with Crippen LogP contribution in [0, 0.1) is 5.92 Å². The van der Waals surface area contributed by atoms with Crippen LogP contribution in [0.2, 0.25) is 0 Å².